The summed E-state index contributed by atoms with van der Waals surface area (Å²) in [6.45, 7) is 0. The predicted octanol–water partition coefficient (Wildman–Crippen LogP) is 2.94. The highest BCUT2D eigenvalue weighted by molar-refractivity contribution is 4.85. The lowest BCUT2D eigenvalue weighted by atomic mass is 9.89. The Kier molecular flexibility index (Phi) is 2.21. The maximum absolute atomic E-state index is 11.9. The normalized spacial score (nSPS) is 23.1. The topological polar surface area (TPSA) is 0 Å². The first-order chi connectivity index (χ1) is 4.61. The summed E-state index contributed by atoms with van der Waals surface area (Å²) < 4.78 is 35.7. The van der Waals surface area contributed by atoms with Crippen molar-refractivity contribution in [1.82, 2.24) is 0 Å². The maximum atomic E-state index is 11.9. The lowest BCUT2D eigenvalue weighted by Gasteiger charge is -2.23. The van der Waals surface area contributed by atoms with E-state index in [2.05, 4.69) is 0 Å². The van der Waals surface area contributed by atoms with Crippen LogP contribution in [0, 0.1) is 12.3 Å². The Morgan fingerprint density at radius 1 is 1.20 bits per heavy atom. The Labute approximate surface area is 58.4 Å². The fraction of sp³-hybridized carbons (Fsp3) is 0.857. The third kappa shape index (κ3) is 1.89. The summed E-state index contributed by atoms with van der Waals surface area (Å²) in [4.78, 5) is 0. The first-order valence-electron chi connectivity index (χ1n) is 3.51. The molecule has 0 unspecified atom stereocenters. The molecule has 0 bridgehead atoms. The lowest BCUT2D eigenvalue weighted by Crippen LogP contribution is -2.25. The summed E-state index contributed by atoms with van der Waals surface area (Å²) in [5.74, 6) is -1.12. The lowest BCUT2D eigenvalue weighted by molar-refractivity contribution is -0.169. The van der Waals surface area contributed by atoms with E-state index < -0.39 is 12.1 Å². The molecule has 59 valence electrons. The van der Waals surface area contributed by atoms with E-state index >= 15 is 0 Å². The van der Waals surface area contributed by atoms with Gasteiger partial charge in [0.05, 0.1) is 5.92 Å². The molecule has 0 heterocycles. The Bertz CT molecular complexity index is 99.9. The van der Waals surface area contributed by atoms with Crippen LogP contribution in [-0.4, -0.2) is 6.18 Å². The molecule has 3 heteroatoms. The number of hydrogen-bond donors (Lipinski definition) is 0. The fourth-order valence-electron chi connectivity index (χ4n) is 1.24. The Morgan fingerprint density at radius 3 is 2.20 bits per heavy atom. The van der Waals surface area contributed by atoms with Crippen molar-refractivity contribution in [1.29, 1.82) is 0 Å². The Hall–Kier alpha value is -0.210. The van der Waals surface area contributed by atoms with E-state index in [0.29, 0.717) is 12.8 Å². The molecule has 10 heavy (non-hydrogen) atoms. The summed E-state index contributed by atoms with van der Waals surface area (Å²) in [6, 6.07) is 0. The molecule has 0 aliphatic heterocycles. The first-order valence-corrected chi connectivity index (χ1v) is 3.51. The van der Waals surface area contributed by atoms with E-state index in [1.54, 1.807) is 0 Å². The van der Waals surface area contributed by atoms with Crippen molar-refractivity contribution in [2.75, 3.05) is 0 Å². The van der Waals surface area contributed by atoms with Crippen molar-refractivity contribution >= 4 is 0 Å². The molecule has 0 N–H and O–H groups in total. The highest BCUT2D eigenvalue weighted by Gasteiger charge is 2.39. The van der Waals surface area contributed by atoms with Crippen molar-refractivity contribution in [3.8, 4) is 0 Å². The quantitative estimate of drug-likeness (QED) is 0.499. The van der Waals surface area contributed by atoms with E-state index in [1.807, 2.05) is 0 Å². The zero-order chi connectivity index (χ0) is 7.61. The first kappa shape index (κ1) is 7.89. The Morgan fingerprint density at radius 2 is 1.90 bits per heavy atom. The zero-order valence-corrected chi connectivity index (χ0v) is 5.62. The molecule has 1 radical (unpaired) electrons. The van der Waals surface area contributed by atoms with E-state index in [4.69, 9.17) is 0 Å². The van der Waals surface area contributed by atoms with Gasteiger partial charge in [-0.05, 0) is 19.3 Å². The highest BCUT2D eigenvalue weighted by Crippen LogP contribution is 2.36. The molecule has 0 spiro atoms. The van der Waals surface area contributed by atoms with Crippen molar-refractivity contribution in [2.24, 2.45) is 5.92 Å². The van der Waals surface area contributed by atoms with Gasteiger partial charge >= 0.3 is 6.18 Å². The van der Waals surface area contributed by atoms with Crippen LogP contribution in [0.15, 0.2) is 0 Å². The van der Waals surface area contributed by atoms with Crippen LogP contribution < -0.4 is 0 Å². The molecular formula is C7H10F3. The van der Waals surface area contributed by atoms with E-state index in [0.717, 1.165) is 12.8 Å². The number of hydrogen-bond acceptors (Lipinski definition) is 0. The van der Waals surface area contributed by atoms with Crippen LogP contribution in [0.25, 0.3) is 0 Å². The summed E-state index contributed by atoms with van der Waals surface area (Å²) in [6.07, 6.45) is -0.0230. The van der Waals surface area contributed by atoms with Gasteiger partial charge in [0.15, 0.2) is 0 Å². The summed E-state index contributed by atoms with van der Waals surface area (Å²) in [5.41, 5.74) is 0. The average molecular weight is 151 g/mol. The van der Waals surface area contributed by atoms with Crippen LogP contribution in [-0.2, 0) is 0 Å². The summed E-state index contributed by atoms with van der Waals surface area (Å²) >= 11 is 0. The number of halogens is 3. The van der Waals surface area contributed by atoms with Gasteiger partial charge in [0.1, 0.15) is 0 Å². The maximum Gasteiger partial charge on any atom is 0.392 e. The molecule has 1 fully saturated rings. The Balaban J connectivity index is 2.39. The van der Waals surface area contributed by atoms with Gasteiger partial charge in [-0.3, -0.25) is 0 Å². The number of rotatable bonds is 0. The van der Waals surface area contributed by atoms with Crippen molar-refractivity contribution in [2.45, 2.75) is 31.9 Å². The van der Waals surface area contributed by atoms with Crippen LogP contribution in [0.2, 0.25) is 0 Å². The minimum Gasteiger partial charge on any atom is -0.171 e. The molecule has 1 aliphatic carbocycles. The van der Waals surface area contributed by atoms with Gasteiger partial charge in [0.2, 0.25) is 0 Å². The molecule has 0 aromatic heterocycles. The van der Waals surface area contributed by atoms with Gasteiger partial charge in [-0.25, -0.2) is 0 Å². The average Bonchev–Trinajstić information content (AvgIpc) is 1.88. The third-order valence-electron chi connectivity index (χ3n) is 1.84. The number of alkyl halides is 3. The van der Waals surface area contributed by atoms with Crippen LogP contribution >= 0.6 is 0 Å². The van der Waals surface area contributed by atoms with Crippen LogP contribution in [0.5, 0.6) is 0 Å². The van der Waals surface area contributed by atoms with Gasteiger partial charge in [0, 0.05) is 0 Å². The zero-order valence-electron chi connectivity index (χ0n) is 5.62. The van der Waals surface area contributed by atoms with Crippen LogP contribution in [0.4, 0.5) is 13.2 Å². The van der Waals surface area contributed by atoms with Crippen LogP contribution in [0.1, 0.15) is 25.7 Å². The second-order valence-electron chi connectivity index (χ2n) is 2.67. The molecular weight excluding hydrogens is 141 g/mol. The molecule has 1 saturated carbocycles. The van der Waals surface area contributed by atoms with Crippen molar-refractivity contribution < 1.29 is 13.2 Å². The molecule has 0 saturated heterocycles. The molecule has 0 nitrogen and oxygen atoms in total. The summed E-state index contributed by atoms with van der Waals surface area (Å²) in [5, 5.41) is 0. The largest absolute Gasteiger partial charge is 0.392 e. The van der Waals surface area contributed by atoms with Gasteiger partial charge in [-0.15, -0.1) is 0 Å². The van der Waals surface area contributed by atoms with Crippen molar-refractivity contribution in [3.05, 3.63) is 6.42 Å². The minimum atomic E-state index is -3.99. The van der Waals surface area contributed by atoms with Gasteiger partial charge < -0.3 is 0 Å². The molecule has 1 aliphatic rings. The smallest absolute Gasteiger partial charge is 0.171 e. The van der Waals surface area contributed by atoms with Gasteiger partial charge in [-0.2, -0.15) is 13.2 Å². The molecule has 0 aromatic carbocycles. The molecule has 0 amide bonds. The van der Waals surface area contributed by atoms with E-state index in [9.17, 15) is 13.2 Å². The van der Waals surface area contributed by atoms with Crippen LogP contribution in [0.3, 0.4) is 0 Å². The monoisotopic (exact) mass is 151 g/mol. The highest BCUT2D eigenvalue weighted by atomic mass is 19.4. The second kappa shape index (κ2) is 2.81. The van der Waals surface area contributed by atoms with Gasteiger partial charge in [0.25, 0.3) is 0 Å². The summed E-state index contributed by atoms with van der Waals surface area (Å²) in [7, 11) is 0. The standard InChI is InChI=1S/C7H10F3/c8-7(9,10)6-4-2-1-3-5-6/h4,6H,1-3,5H2/t6-/m1/s1. The van der Waals surface area contributed by atoms with Crippen molar-refractivity contribution in [3.63, 3.8) is 0 Å². The van der Waals surface area contributed by atoms with E-state index in [-0.39, 0.29) is 0 Å². The molecule has 1 rings (SSSR count). The molecule has 0 aromatic rings. The minimum absolute atomic E-state index is 0.295. The van der Waals surface area contributed by atoms with Gasteiger partial charge in [-0.1, -0.05) is 12.8 Å². The fourth-order valence-corrected chi connectivity index (χ4v) is 1.24. The predicted molar refractivity (Wildman–Crippen MR) is 32.3 cm³/mol. The SMILES string of the molecule is FC(F)(F)[C@@H]1[CH]CCCC1. The third-order valence-corrected chi connectivity index (χ3v) is 1.84. The molecule has 1 atom stereocenters. The van der Waals surface area contributed by atoms with E-state index in [1.165, 1.54) is 6.42 Å². The second-order valence-corrected chi connectivity index (χ2v) is 2.67.